The maximum atomic E-state index is 11.1. The van der Waals surface area contributed by atoms with Gasteiger partial charge in [-0.3, -0.25) is 4.98 Å². The van der Waals surface area contributed by atoms with Gasteiger partial charge in [0.15, 0.2) is 5.69 Å². The molecule has 0 atom stereocenters. The summed E-state index contributed by atoms with van der Waals surface area (Å²) in [6.07, 6.45) is 2.88. The van der Waals surface area contributed by atoms with Crippen molar-refractivity contribution < 1.29 is 9.90 Å². The van der Waals surface area contributed by atoms with Crippen LogP contribution < -0.4 is 0 Å². The van der Waals surface area contributed by atoms with Gasteiger partial charge in [0.05, 0.1) is 0 Å². The first-order valence-corrected chi connectivity index (χ1v) is 5.74. The van der Waals surface area contributed by atoms with Crippen LogP contribution in [0.1, 0.15) is 35.8 Å². The van der Waals surface area contributed by atoms with Crippen LogP contribution in [-0.2, 0) is 0 Å². The molecule has 0 amide bonds. The van der Waals surface area contributed by atoms with Gasteiger partial charge < -0.3 is 5.11 Å². The second-order valence-corrected chi connectivity index (χ2v) is 4.34. The van der Waals surface area contributed by atoms with E-state index in [-0.39, 0.29) is 5.69 Å². The molecule has 1 aromatic carbocycles. The minimum absolute atomic E-state index is 0.0187. The van der Waals surface area contributed by atoms with Gasteiger partial charge in [-0.1, -0.05) is 38.1 Å². The summed E-state index contributed by atoms with van der Waals surface area (Å²) in [6, 6.07) is 7.73. The van der Waals surface area contributed by atoms with Crippen molar-refractivity contribution >= 4 is 5.97 Å². The molecule has 1 aromatic heterocycles. The molecule has 4 heteroatoms. The number of aromatic nitrogens is 2. The molecule has 2 rings (SSSR count). The maximum Gasteiger partial charge on any atom is 0.356 e. The Morgan fingerprint density at radius 1 is 1.11 bits per heavy atom. The Morgan fingerprint density at radius 2 is 1.72 bits per heavy atom. The first-order valence-electron chi connectivity index (χ1n) is 5.74. The van der Waals surface area contributed by atoms with E-state index in [2.05, 4.69) is 23.8 Å². The van der Waals surface area contributed by atoms with Gasteiger partial charge in [0.2, 0.25) is 0 Å². The number of carboxylic acid groups (broad SMARTS) is 1. The fourth-order valence-corrected chi connectivity index (χ4v) is 1.73. The molecule has 4 nitrogen and oxygen atoms in total. The molecule has 0 spiro atoms. The van der Waals surface area contributed by atoms with Crippen molar-refractivity contribution in [3.63, 3.8) is 0 Å². The van der Waals surface area contributed by atoms with Crippen LogP contribution >= 0.6 is 0 Å². The van der Waals surface area contributed by atoms with Crippen molar-refractivity contribution in [2.45, 2.75) is 19.8 Å². The first-order chi connectivity index (χ1) is 8.59. The maximum absolute atomic E-state index is 11.1. The number of carboxylic acids is 1. The van der Waals surface area contributed by atoms with Gasteiger partial charge in [-0.05, 0) is 11.5 Å². The molecule has 0 aliphatic heterocycles. The van der Waals surface area contributed by atoms with Crippen molar-refractivity contribution in [2.75, 3.05) is 0 Å². The van der Waals surface area contributed by atoms with Crippen molar-refractivity contribution in [1.82, 2.24) is 9.97 Å². The number of rotatable bonds is 3. The van der Waals surface area contributed by atoms with E-state index in [1.165, 1.54) is 18.0 Å². The average molecular weight is 242 g/mol. The number of nitrogens with zero attached hydrogens (tertiary/aromatic N) is 2. The fourth-order valence-electron chi connectivity index (χ4n) is 1.73. The predicted octanol–water partition coefficient (Wildman–Crippen LogP) is 2.97. The Bertz CT molecular complexity index is 562. The van der Waals surface area contributed by atoms with Crippen molar-refractivity contribution in [3.05, 3.63) is 47.9 Å². The lowest BCUT2D eigenvalue weighted by Gasteiger charge is -2.07. The molecule has 0 aliphatic carbocycles. The third kappa shape index (κ3) is 2.37. The molecular formula is C14H14N2O2. The Labute approximate surface area is 105 Å². The molecule has 92 valence electrons. The van der Waals surface area contributed by atoms with Crippen LogP contribution in [0.25, 0.3) is 11.3 Å². The predicted molar refractivity (Wildman–Crippen MR) is 68.5 cm³/mol. The molecule has 0 fully saturated rings. The fraction of sp³-hybridized carbons (Fsp3) is 0.214. The Kier molecular flexibility index (Phi) is 3.37. The highest BCUT2D eigenvalue weighted by molar-refractivity contribution is 5.92. The standard InChI is InChI=1S/C14H14N2O2/c1-9(2)10-3-5-11(6-4-10)12-13(14(17)18)16-8-7-15-12/h3-9H,1-2H3,(H,17,18). The molecule has 0 bridgehead atoms. The number of carbonyl (C=O) groups is 1. The molecule has 1 heterocycles. The number of benzene rings is 1. The minimum Gasteiger partial charge on any atom is -0.476 e. The molecular weight excluding hydrogens is 228 g/mol. The lowest BCUT2D eigenvalue weighted by Crippen LogP contribution is -2.04. The van der Waals surface area contributed by atoms with Crippen LogP contribution in [-0.4, -0.2) is 21.0 Å². The zero-order chi connectivity index (χ0) is 13.1. The van der Waals surface area contributed by atoms with E-state index in [1.54, 1.807) is 0 Å². The van der Waals surface area contributed by atoms with Crippen molar-refractivity contribution in [1.29, 1.82) is 0 Å². The highest BCUT2D eigenvalue weighted by Crippen LogP contribution is 2.22. The van der Waals surface area contributed by atoms with Gasteiger partial charge in [-0.2, -0.15) is 0 Å². The van der Waals surface area contributed by atoms with Gasteiger partial charge in [-0.15, -0.1) is 0 Å². The topological polar surface area (TPSA) is 63.1 Å². The van der Waals surface area contributed by atoms with E-state index in [9.17, 15) is 4.79 Å². The second-order valence-electron chi connectivity index (χ2n) is 4.34. The van der Waals surface area contributed by atoms with E-state index in [0.29, 0.717) is 11.6 Å². The summed E-state index contributed by atoms with van der Waals surface area (Å²) < 4.78 is 0. The number of hydrogen-bond donors (Lipinski definition) is 1. The molecule has 0 saturated heterocycles. The quantitative estimate of drug-likeness (QED) is 0.898. The van der Waals surface area contributed by atoms with E-state index < -0.39 is 5.97 Å². The zero-order valence-corrected chi connectivity index (χ0v) is 10.3. The Hall–Kier alpha value is -2.23. The van der Waals surface area contributed by atoms with Crippen LogP contribution in [0, 0.1) is 0 Å². The smallest absolute Gasteiger partial charge is 0.356 e. The summed E-state index contributed by atoms with van der Waals surface area (Å²) in [6.45, 7) is 4.22. The van der Waals surface area contributed by atoms with Gasteiger partial charge in [0, 0.05) is 18.0 Å². The normalized spacial score (nSPS) is 10.6. The molecule has 0 aliphatic rings. The van der Waals surface area contributed by atoms with Crippen LogP contribution in [0.3, 0.4) is 0 Å². The SMILES string of the molecule is CC(C)c1ccc(-c2nccnc2C(=O)O)cc1. The van der Waals surface area contributed by atoms with Crippen LogP contribution in [0.2, 0.25) is 0 Å². The second kappa shape index (κ2) is 4.96. The molecule has 2 aromatic rings. The summed E-state index contributed by atoms with van der Waals surface area (Å²) >= 11 is 0. The molecule has 0 radical (unpaired) electrons. The summed E-state index contributed by atoms with van der Waals surface area (Å²) in [5.74, 6) is -0.620. The molecule has 0 saturated carbocycles. The highest BCUT2D eigenvalue weighted by Gasteiger charge is 2.14. The van der Waals surface area contributed by atoms with Gasteiger partial charge >= 0.3 is 5.97 Å². The third-order valence-corrected chi connectivity index (χ3v) is 2.75. The van der Waals surface area contributed by atoms with E-state index in [1.807, 2.05) is 24.3 Å². The zero-order valence-electron chi connectivity index (χ0n) is 10.3. The van der Waals surface area contributed by atoms with Crippen LogP contribution in [0.15, 0.2) is 36.7 Å². The van der Waals surface area contributed by atoms with E-state index in [0.717, 1.165) is 5.56 Å². The largest absolute Gasteiger partial charge is 0.476 e. The third-order valence-electron chi connectivity index (χ3n) is 2.75. The summed E-state index contributed by atoms with van der Waals surface area (Å²) in [5, 5.41) is 9.07. The van der Waals surface area contributed by atoms with Crippen molar-refractivity contribution in [3.8, 4) is 11.3 Å². The summed E-state index contributed by atoms with van der Waals surface area (Å²) in [5.41, 5.74) is 2.36. The van der Waals surface area contributed by atoms with Crippen LogP contribution in [0.5, 0.6) is 0 Å². The summed E-state index contributed by atoms with van der Waals surface area (Å²) in [4.78, 5) is 19.0. The van der Waals surface area contributed by atoms with Gasteiger partial charge in [-0.25, -0.2) is 9.78 Å². The number of aromatic carboxylic acids is 1. The lowest BCUT2D eigenvalue weighted by atomic mass is 10.0. The Morgan fingerprint density at radius 3 is 2.28 bits per heavy atom. The van der Waals surface area contributed by atoms with Crippen molar-refractivity contribution in [2.24, 2.45) is 0 Å². The number of hydrogen-bond acceptors (Lipinski definition) is 3. The average Bonchev–Trinajstić information content (AvgIpc) is 2.39. The van der Waals surface area contributed by atoms with Crippen LogP contribution in [0.4, 0.5) is 0 Å². The molecule has 1 N–H and O–H groups in total. The first kappa shape index (κ1) is 12.2. The minimum atomic E-state index is -1.06. The van der Waals surface area contributed by atoms with E-state index >= 15 is 0 Å². The Balaban J connectivity index is 2.46. The lowest BCUT2D eigenvalue weighted by molar-refractivity contribution is 0.0691. The summed E-state index contributed by atoms with van der Waals surface area (Å²) in [7, 11) is 0. The van der Waals surface area contributed by atoms with Gasteiger partial charge in [0.25, 0.3) is 0 Å². The molecule has 0 unspecified atom stereocenters. The van der Waals surface area contributed by atoms with Gasteiger partial charge in [0.1, 0.15) is 5.69 Å². The monoisotopic (exact) mass is 242 g/mol. The molecule has 18 heavy (non-hydrogen) atoms. The van der Waals surface area contributed by atoms with E-state index in [4.69, 9.17) is 5.11 Å². The highest BCUT2D eigenvalue weighted by atomic mass is 16.4.